The van der Waals surface area contributed by atoms with Gasteiger partial charge in [0.05, 0.1) is 5.39 Å². The molecule has 210 valence electrons. The van der Waals surface area contributed by atoms with E-state index in [1.165, 1.54) is 46.0 Å². The molecule has 3 heterocycles. The lowest BCUT2D eigenvalue weighted by Crippen LogP contribution is -2.45. The van der Waals surface area contributed by atoms with Gasteiger partial charge in [-0.25, -0.2) is 14.8 Å². The van der Waals surface area contributed by atoms with Gasteiger partial charge in [-0.1, -0.05) is 23.3 Å². The fourth-order valence-corrected chi connectivity index (χ4v) is 6.42. The number of nitrogens with zero attached hydrogens (tertiary/aromatic N) is 4. The Hall–Kier alpha value is -2.16. The number of aromatic nitrogens is 3. The minimum absolute atomic E-state index is 0.164. The maximum absolute atomic E-state index is 12.5. The van der Waals surface area contributed by atoms with Gasteiger partial charge in [0.15, 0.2) is 5.79 Å². The van der Waals surface area contributed by atoms with E-state index in [0.29, 0.717) is 17.1 Å². The number of carbonyl (C=O) groups is 1. The fraction of sp³-hybridized carbons (Fsp3) is 0.690. The Morgan fingerprint density at radius 2 is 1.82 bits per heavy atom. The summed E-state index contributed by atoms with van der Waals surface area (Å²) in [6, 6.07) is 2.50. The molecule has 2 aliphatic carbocycles. The van der Waals surface area contributed by atoms with E-state index in [2.05, 4.69) is 26.8 Å². The number of carbonyl (C=O) groups excluding carboxylic acids is 1. The van der Waals surface area contributed by atoms with Crippen LogP contribution in [0.2, 0.25) is 5.15 Å². The van der Waals surface area contributed by atoms with Gasteiger partial charge in [0.1, 0.15) is 22.7 Å². The van der Waals surface area contributed by atoms with Crippen LogP contribution in [0.1, 0.15) is 92.0 Å². The third-order valence-corrected chi connectivity index (χ3v) is 8.19. The van der Waals surface area contributed by atoms with Gasteiger partial charge in [-0.2, -0.15) is 0 Å². The number of amides is 1. The molecule has 1 aliphatic heterocycles. The fourth-order valence-electron chi connectivity index (χ4n) is 6.23. The second-order valence-electron chi connectivity index (χ2n) is 12.6. The molecule has 0 bridgehead atoms. The third-order valence-electron chi connectivity index (χ3n) is 7.89. The smallest absolute Gasteiger partial charge is 0.410 e. The van der Waals surface area contributed by atoms with E-state index in [9.17, 15) is 4.79 Å². The number of hydrogen-bond donors (Lipinski definition) is 2. The lowest BCUT2D eigenvalue weighted by molar-refractivity contribution is -0.127. The largest absolute Gasteiger partial charge is 0.444 e. The Labute approximate surface area is 231 Å². The summed E-state index contributed by atoms with van der Waals surface area (Å²) >= 11 is 6.26. The first-order valence-corrected chi connectivity index (χ1v) is 14.2. The summed E-state index contributed by atoms with van der Waals surface area (Å²) in [7, 11) is 0. The summed E-state index contributed by atoms with van der Waals surface area (Å²) in [6.45, 7) is 9.99. The zero-order chi connectivity index (χ0) is 27.7. The number of halogens is 1. The Bertz CT molecular complexity index is 1150. The van der Waals surface area contributed by atoms with Crippen LogP contribution in [0.3, 0.4) is 0 Å². The number of rotatable bonds is 2. The van der Waals surface area contributed by atoms with Crippen molar-refractivity contribution in [1.82, 2.24) is 19.4 Å². The minimum atomic E-state index is -1.50. The number of likely N-dealkylation sites (tertiary alicyclic amines) is 1. The normalized spacial score (nSPS) is 24.6. The summed E-state index contributed by atoms with van der Waals surface area (Å²) < 4.78 is 7.90. The first-order chi connectivity index (χ1) is 17.7. The van der Waals surface area contributed by atoms with Gasteiger partial charge in [-0.3, -0.25) is 0 Å². The Kier molecular flexibility index (Phi) is 8.46. The lowest BCUT2D eigenvalue weighted by Gasteiger charge is -2.41. The van der Waals surface area contributed by atoms with Gasteiger partial charge in [0.2, 0.25) is 0 Å². The highest BCUT2D eigenvalue weighted by atomic mass is 35.5. The summed E-state index contributed by atoms with van der Waals surface area (Å²) in [5.41, 5.74) is 2.45. The van der Waals surface area contributed by atoms with E-state index in [1.54, 1.807) is 11.9 Å². The van der Waals surface area contributed by atoms with Crippen molar-refractivity contribution in [1.29, 1.82) is 0 Å². The van der Waals surface area contributed by atoms with E-state index in [0.717, 1.165) is 43.4 Å². The molecule has 9 heteroatoms. The van der Waals surface area contributed by atoms with Gasteiger partial charge < -0.3 is 24.4 Å². The van der Waals surface area contributed by atoms with Gasteiger partial charge in [-0.15, -0.1) is 0 Å². The van der Waals surface area contributed by atoms with Crippen LogP contribution in [-0.2, 0) is 4.74 Å². The molecule has 1 spiro atoms. The molecule has 2 atom stereocenters. The predicted octanol–water partition coefficient (Wildman–Crippen LogP) is 6.26. The van der Waals surface area contributed by atoms with E-state index in [1.807, 2.05) is 31.7 Å². The average molecular weight is 547 g/mol. The molecule has 1 saturated heterocycles. The summed E-state index contributed by atoms with van der Waals surface area (Å²) in [5.74, 6) is -0.890. The molecule has 3 aliphatic rings. The Balaban J connectivity index is 0.000000617. The minimum Gasteiger partial charge on any atom is -0.444 e. The molecular weight excluding hydrogens is 504 g/mol. The highest BCUT2D eigenvalue weighted by Crippen LogP contribution is 2.52. The second kappa shape index (κ2) is 11.1. The van der Waals surface area contributed by atoms with E-state index < -0.39 is 11.4 Å². The standard InChI is InChI=1S/C26H35ClN4O2.C3H8O2/c1-25(2,3)33-24(32)30-13-10-26(11-14-30)9-4-5-19(26)15-18-6-7-20(16-18)31-12-8-21-22(27)28-17-29-23(21)31;1-3(2,4)5/h8,12,15,17-18,20H,4-7,9-11,13-14,16H2,1-3H3;4-5H,1-2H3/b19-15+;. The molecule has 0 aromatic carbocycles. The van der Waals surface area contributed by atoms with Crippen molar-refractivity contribution >= 4 is 28.7 Å². The number of piperidine rings is 1. The third kappa shape index (κ3) is 7.07. The van der Waals surface area contributed by atoms with Crippen LogP contribution in [0.25, 0.3) is 11.0 Å². The van der Waals surface area contributed by atoms with Crippen molar-refractivity contribution in [3.63, 3.8) is 0 Å². The molecule has 8 nitrogen and oxygen atoms in total. The zero-order valence-corrected chi connectivity index (χ0v) is 24.2. The molecule has 5 rings (SSSR count). The van der Waals surface area contributed by atoms with Crippen molar-refractivity contribution in [2.75, 3.05) is 13.1 Å². The lowest BCUT2D eigenvalue weighted by atomic mass is 9.73. The molecule has 1 amide bonds. The number of hydrogen-bond acceptors (Lipinski definition) is 6. The van der Waals surface area contributed by atoms with Crippen molar-refractivity contribution in [3.05, 3.63) is 35.4 Å². The first-order valence-electron chi connectivity index (χ1n) is 13.8. The molecular formula is C29H43ClN4O4. The summed E-state index contributed by atoms with van der Waals surface area (Å²) in [6.07, 6.45) is 15.5. The number of aliphatic hydroxyl groups is 2. The number of allylic oxidation sites excluding steroid dienone is 2. The molecule has 2 unspecified atom stereocenters. The molecule has 3 fully saturated rings. The Morgan fingerprint density at radius 1 is 1.13 bits per heavy atom. The van der Waals surface area contributed by atoms with Gasteiger partial charge >= 0.3 is 6.09 Å². The van der Waals surface area contributed by atoms with Crippen LogP contribution in [0.4, 0.5) is 4.79 Å². The van der Waals surface area contributed by atoms with Crippen LogP contribution in [0.5, 0.6) is 0 Å². The molecule has 38 heavy (non-hydrogen) atoms. The van der Waals surface area contributed by atoms with Crippen LogP contribution in [0, 0.1) is 11.3 Å². The van der Waals surface area contributed by atoms with Crippen LogP contribution < -0.4 is 0 Å². The quantitative estimate of drug-likeness (QED) is 0.262. The monoisotopic (exact) mass is 546 g/mol. The molecule has 2 aromatic heterocycles. The van der Waals surface area contributed by atoms with Crippen molar-refractivity contribution in [2.24, 2.45) is 11.3 Å². The van der Waals surface area contributed by atoms with Crippen LogP contribution in [-0.4, -0.2) is 60.2 Å². The van der Waals surface area contributed by atoms with Gasteiger partial charge in [0, 0.05) is 25.3 Å². The zero-order valence-electron chi connectivity index (χ0n) is 23.4. The second-order valence-corrected chi connectivity index (χ2v) is 13.0. The molecule has 2 aromatic rings. The van der Waals surface area contributed by atoms with E-state index in [-0.39, 0.29) is 11.5 Å². The SMILES string of the molecule is CC(C)(C)OC(=O)N1CCC2(CCC/C2=C\C2CCC(n3ccc4c(Cl)ncnc43)C2)CC1.CC(C)(O)O. The van der Waals surface area contributed by atoms with Gasteiger partial charge in [-0.05, 0) is 103 Å². The maximum atomic E-state index is 12.5. The molecule has 0 radical (unpaired) electrons. The van der Waals surface area contributed by atoms with Crippen molar-refractivity contribution in [3.8, 4) is 0 Å². The maximum Gasteiger partial charge on any atom is 0.410 e. The molecule has 2 saturated carbocycles. The topological polar surface area (TPSA) is 101 Å². The van der Waals surface area contributed by atoms with Crippen LogP contribution >= 0.6 is 11.6 Å². The Morgan fingerprint density at radius 3 is 2.47 bits per heavy atom. The number of ether oxygens (including phenoxy) is 1. The highest BCUT2D eigenvalue weighted by Gasteiger charge is 2.43. The van der Waals surface area contributed by atoms with Crippen LogP contribution in [0.15, 0.2) is 30.2 Å². The van der Waals surface area contributed by atoms with E-state index in [4.69, 9.17) is 26.6 Å². The van der Waals surface area contributed by atoms with Crippen molar-refractivity contribution < 1.29 is 19.7 Å². The molecule has 2 N–H and O–H groups in total. The summed E-state index contributed by atoms with van der Waals surface area (Å²) in [4.78, 5) is 23.0. The van der Waals surface area contributed by atoms with Gasteiger partial charge in [0.25, 0.3) is 0 Å². The predicted molar refractivity (Wildman–Crippen MR) is 149 cm³/mol. The summed E-state index contributed by atoms with van der Waals surface area (Å²) in [5, 5.41) is 17.6. The highest BCUT2D eigenvalue weighted by molar-refractivity contribution is 6.33. The average Bonchev–Trinajstić information content (AvgIpc) is 3.52. The van der Waals surface area contributed by atoms with E-state index >= 15 is 0 Å². The first kappa shape index (κ1) is 28.8. The van der Waals surface area contributed by atoms with Crippen molar-refractivity contribution in [2.45, 2.75) is 103 Å². The number of fused-ring (bicyclic) bond motifs is 1.